The van der Waals surface area contributed by atoms with E-state index in [1.807, 2.05) is 6.92 Å². The number of rotatable bonds is 6. The number of nitrogens with one attached hydrogen (secondary N) is 1. The van der Waals surface area contributed by atoms with E-state index in [4.69, 9.17) is 15.2 Å². The predicted molar refractivity (Wildman–Crippen MR) is 131 cm³/mol. The van der Waals surface area contributed by atoms with E-state index in [0.717, 1.165) is 18.8 Å². The Balaban J connectivity index is 1.69. The van der Waals surface area contributed by atoms with Gasteiger partial charge in [-0.15, -0.1) is 0 Å². The van der Waals surface area contributed by atoms with Gasteiger partial charge in [-0.3, -0.25) is 9.59 Å². The Labute approximate surface area is 204 Å². The number of nitrogens with two attached hydrogens (primary N) is 1. The van der Waals surface area contributed by atoms with Crippen molar-refractivity contribution in [2.24, 2.45) is 23.5 Å². The Hall–Kier alpha value is -3.34. The van der Waals surface area contributed by atoms with Crippen molar-refractivity contribution in [3.05, 3.63) is 29.5 Å². The molecule has 186 valence electrons. The molecule has 2 heterocycles. The molecule has 1 aliphatic heterocycles. The smallest absolute Gasteiger partial charge is 0.255 e. The van der Waals surface area contributed by atoms with Crippen LogP contribution in [0.15, 0.2) is 18.3 Å². The average Bonchev–Trinajstić information content (AvgIpc) is 3.13. The lowest BCUT2D eigenvalue weighted by molar-refractivity contribution is -0.123. The summed E-state index contributed by atoms with van der Waals surface area (Å²) in [6.07, 6.45) is 5.07. The van der Waals surface area contributed by atoms with E-state index in [-0.39, 0.29) is 18.1 Å². The standard InChI is InChI=1S/C27H32FN3O4/c1-4-18-22(31-26(33)24(18)28)14-35-27-20-12-23(34-3)21(25(29)32)11-19(20)17(13-30-27)10-9-16-7-5-15(2)6-8-16/h11-13,15-16,18,22,24H,4-8,14H2,1-3H3,(H2,29,32)(H,31,33)/t15-,16-,18?,22-,24+/m1/s1. The summed E-state index contributed by atoms with van der Waals surface area (Å²) < 4.78 is 25.6. The number of nitrogens with zero attached hydrogens (tertiary/aromatic N) is 1. The third-order valence-corrected chi connectivity index (χ3v) is 7.21. The Morgan fingerprint density at radius 2 is 2.00 bits per heavy atom. The van der Waals surface area contributed by atoms with Gasteiger partial charge < -0.3 is 20.5 Å². The number of benzene rings is 1. The highest BCUT2D eigenvalue weighted by molar-refractivity contribution is 6.03. The monoisotopic (exact) mass is 481 g/mol. The van der Waals surface area contributed by atoms with Crippen molar-refractivity contribution in [1.29, 1.82) is 0 Å². The first kappa shape index (κ1) is 24.8. The van der Waals surface area contributed by atoms with E-state index in [0.29, 0.717) is 34.4 Å². The quantitative estimate of drug-likeness (QED) is 0.612. The van der Waals surface area contributed by atoms with E-state index in [1.54, 1.807) is 18.3 Å². The number of amides is 2. The van der Waals surface area contributed by atoms with Crippen molar-refractivity contribution in [1.82, 2.24) is 10.3 Å². The lowest BCUT2D eigenvalue weighted by atomic mass is 9.83. The van der Waals surface area contributed by atoms with E-state index in [2.05, 4.69) is 29.1 Å². The van der Waals surface area contributed by atoms with Crippen molar-refractivity contribution in [3.8, 4) is 23.5 Å². The molecule has 0 bridgehead atoms. The molecule has 0 radical (unpaired) electrons. The van der Waals surface area contributed by atoms with Gasteiger partial charge in [0.25, 0.3) is 11.8 Å². The third-order valence-electron chi connectivity index (χ3n) is 7.21. The molecule has 1 aromatic carbocycles. The van der Waals surface area contributed by atoms with Crippen molar-refractivity contribution in [2.45, 2.75) is 58.2 Å². The molecule has 2 aliphatic rings. The normalized spacial score (nSPS) is 26.1. The Morgan fingerprint density at radius 1 is 1.26 bits per heavy atom. The van der Waals surface area contributed by atoms with Gasteiger partial charge >= 0.3 is 0 Å². The maximum atomic E-state index is 14.2. The van der Waals surface area contributed by atoms with Crippen LogP contribution in [0.4, 0.5) is 4.39 Å². The Kier molecular flexibility index (Phi) is 7.44. The number of methoxy groups -OCH3 is 1. The van der Waals surface area contributed by atoms with Crippen LogP contribution in [0.5, 0.6) is 11.6 Å². The molecule has 35 heavy (non-hydrogen) atoms. The summed E-state index contributed by atoms with van der Waals surface area (Å²) in [7, 11) is 1.45. The SMILES string of the molecule is CCC1[C@H](F)C(=O)N[C@@H]1COc1ncc(C#C[C@H]2CC[C@H](C)CC2)c2cc(C(N)=O)c(OC)cc12. The molecular formula is C27H32FN3O4. The first-order valence-electron chi connectivity index (χ1n) is 12.2. The van der Waals surface area contributed by atoms with Crippen LogP contribution in [0, 0.1) is 29.6 Å². The molecular weight excluding hydrogens is 449 g/mol. The fourth-order valence-corrected chi connectivity index (χ4v) is 5.00. The second kappa shape index (κ2) is 10.5. The number of halogens is 1. The van der Waals surface area contributed by atoms with Crippen molar-refractivity contribution < 1.29 is 23.5 Å². The van der Waals surface area contributed by atoms with Crippen LogP contribution in [0.1, 0.15) is 61.9 Å². The van der Waals surface area contributed by atoms with Gasteiger partial charge in [0, 0.05) is 28.8 Å². The van der Waals surface area contributed by atoms with Crippen molar-refractivity contribution >= 4 is 22.6 Å². The first-order chi connectivity index (χ1) is 16.8. The fraction of sp³-hybridized carbons (Fsp3) is 0.519. The molecule has 1 saturated carbocycles. The second-order valence-corrected chi connectivity index (χ2v) is 9.57. The molecule has 8 heteroatoms. The van der Waals surface area contributed by atoms with E-state index in [9.17, 15) is 14.0 Å². The third kappa shape index (κ3) is 5.19. The van der Waals surface area contributed by atoms with Gasteiger partial charge in [0.1, 0.15) is 12.4 Å². The zero-order chi connectivity index (χ0) is 25.1. The second-order valence-electron chi connectivity index (χ2n) is 9.57. The summed E-state index contributed by atoms with van der Waals surface area (Å²) in [6, 6.07) is 2.86. The summed E-state index contributed by atoms with van der Waals surface area (Å²) >= 11 is 0. The highest BCUT2D eigenvalue weighted by atomic mass is 19.1. The average molecular weight is 482 g/mol. The van der Waals surface area contributed by atoms with Crippen molar-refractivity contribution in [3.63, 3.8) is 0 Å². The number of carbonyl (C=O) groups is 2. The van der Waals surface area contributed by atoms with Gasteiger partial charge in [-0.25, -0.2) is 9.37 Å². The molecule has 2 fully saturated rings. The minimum atomic E-state index is -1.54. The van der Waals surface area contributed by atoms with Gasteiger partial charge in [0.05, 0.1) is 24.3 Å². The summed E-state index contributed by atoms with van der Waals surface area (Å²) in [5.41, 5.74) is 6.50. The van der Waals surface area contributed by atoms with Crippen LogP contribution in [0.3, 0.4) is 0 Å². The van der Waals surface area contributed by atoms with Crippen LogP contribution >= 0.6 is 0 Å². The Bertz CT molecular complexity index is 1180. The van der Waals surface area contributed by atoms with Crippen LogP contribution in [0.25, 0.3) is 10.8 Å². The molecule has 1 unspecified atom stereocenters. The number of hydrogen-bond donors (Lipinski definition) is 2. The lowest BCUT2D eigenvalue weighted by Crippen LogP contribution is -2.34. The number of ether oxygens (including phenoxy) is 2. The molecule has 2 amide bonds. The number of carbonyl (C=O) groups excluding carboxylic acids is 2. The number of primary amides is 1. The van der Waals surface area contributed by atoms with E-state index in [1.165, 1.54) is 20.0 Å². The number of pyridine rings is 1. The fourth-order valence-electron chi connectivity index (χ4n) is 5.00. The summed E-state index contributed by atoms with van der Waals surface area (Å²) in [4.78, 5) is 28.3. The molecule has 1 saturated heterocycles. The molecule has 7 nitrogen and oxygen atoms in total. The predicted octanol–water partition coefficient (Wildman–Crippen LogP) is 3.76. The van der Waals surface area contributed by atoms with Crippen LogP contribution in [-0.4, -0.2) is 42.7 Å². The van der Waals surface area contributed by atoms with Crippen molar-refractivity contribution in [2.75, 3.05) is 13.7 Å². The van der Waals surface area contributed by atoms with Gasteiger partial charge in [-0.1, -0.05) is 25.7 Å². The van der Waals surface area contributed by atoms with Gasteiger partial charge in [-0.05, 0) is 50.2 Å². The molecule has 3 atom stereocenters. The highest BCUT2D eigenvalue weighted by Gasteiger charge is 2.41. The number of alkyl halides is 1. The number of hydrogen-bond acceptors (Lipinski definition) is 5. The lowest BCUT2D eigenvalue weighted by Gasteiger charge is -2.22. The van der Waals surface area contributed by atoms with Crippen LogP contribution < -0.4 is 20.5 Å². The summed E-state index contributed by atoms with van der Waals surface area (Å²) in [6.45, 7) is 4.18. The molecule has 2 aromatic rings. The topological polar surface area (TPSA) is 104 Å². The zero-order valence-electron chi connectivity index (χ0n) is 20.4. The molecule has 1 aliphatic carbocycles. The Morgan fingerprint density at radius 3 is 2.66 bits per heavy atom. The highest BCUT2D eigenvalue weighted by Crippen LogP contribution is 2.34. The van der Waals surface area contributed by atoms with E-state index >= 15 is 0 Å². The minimum absolute atomic E-state index is 0.0674. The minimum Gasteiger partial charge on any atom is -0.496 e. The van der Waals surface area contributed by atoms with Gasteiger partial charge in [-0.2, -0.15) is 0 Å². The van der Waals surface area contributed by atoms with E-state index < -0.39 is 29.9 Å². The summed E-state index contributed by atoms with van der Waals surface area (Å²) in [5.74, 6) is 6.61. The zero-order valence-corrected chi connectivity index (χ0v) is 20.4. The first-order valence-corrected chi connectivity index (χ1v) is 12.2. The number of aromatic nitrogens is 1. The number of fused-ring (bicyclic) bond motifs is 1. The molecule has 1 aromatic heterocycles. The maximum absolute atomic E-state index is 14.2. The van der Waals surface area contributed by atoms with Crippen LogP contribution in [0.2, 0.25) is 0 Å². The largest absolute Gasteiger partial charge is 0.496 e. The maximum Gasteiger partial charge on any atom is 0.255 e. The van der Waals surface area contributed by atoms with Crippen LogP contribution in [-0.2, 0) is 4.79 Å². The summed E-state index contributed by atoms with van der Waals surface area (Å²) in [5, 5.41) is 3.94. The van der Waals surface area contributed by atoms with Gasteiger partial charge in [0.15, 0.2) is 6.17 Å². The van der Waals surface area contributed by atoms with Gasteiger partial charge in [0.2, 0.25) is 5.88 Å². The molecule has 0 spiro atoms. The molecule has 4 rings (SSSR count). The molecule has 3 N–H and O–H groups in total.